The highest BCUT2D eigenvalue weighted by molar-refractivity contribution is 5.95. The van der Waals surface area contributed by atoms with Crippen LogP contribution < -0.4 is 20.3 Å². The molecule has 0 unspecified atom stereocenters. The molecule has 2 aromatic carbocycles. The van der Waals surface area contributed by atoms with Crippen LogP contribution in [-0.4, -0.2) is 38.1 Å². The third kappa shape index (κ3) is 3.77. The number of fused-ring (bicyclic) bond motifs is 1. The van der Waals surface area contributed by atoms with E-state index >= 15 is 0 Å². The van der Waals surface area contributed by atoms with Crippen LogP contribution in [0.3, 0.4) is 0 Å². The molecule has 0 saturated heterocycles. The Morgan fingerprint density at radius 2 is 2.04 bits per heavy atom. The number of aryl methyl sites for hydroxylation is 1. The van der Waals surface area contributed by atoms with E-state index in [1.807, 2.05) is 12.1 Å². The molecule has 2 N–H and O–H groups in total. The zero-order valence-corrected chi connectivity index (χ0v) is 14.6. The molecular weight excluding hydrogens is 337 g/mol. The minimum absolute atomic E-state index is 0.0172. The number of rotatable bonds is 4. The Hall–Kier alpha value is -3.09. The number of carbonyl (C=O) groups excluding carboxylic acids is 2. The normalized spacial score (nSPS) is 15.7. The molecule has 136 valence electrons. The number of benzene rings is 2. The van der Waals surface area contributed by atoms with Crippen LogP contribution in [0, 0.1) is 12.7 Å². The average Bonchev–Trinajstić information content (AvgIpc) is 2.64. The quantitative estimate of drug-likeness (QED) is 0.879. The average molecular weight is 357 g/mol. The third-order valence-corrected chi connectivity index (χ3v) is 4.19. The van der Waals surface area contributed by atoms with Crippen LogP contribution in [0.2, 0.25) is 0 Å². The number of amides is 2. The zero-order valence-electron chi connectivity index (χ0n) is 14.6. The molecule has 0 bridgehead atoms. The number of nitrogens with one attached hydrogen (secondary N) is 2. The first-order valence-corrected chi connectivity index (χ1v) is 8.26. The van der Waals surface area contributed by atoms with Crippen molar-refractivity contribution in [2.24, 2.45) is 0 Å². The number of hydrogen-bond acceptors (Lipinski definition) is 4. The Bertz CT molecular complexity index is 841. The lowest BCUT2D eigenvalue weighted by Crippen LogP contribution is -2.50. The molecule has 2 amide bonds. The summed E-state index contributed by atoms with van der Waals surface area (Å²) in [6.45, 7) is 1.92. The van der Waals surface area contributed by atoms with Crippen molar-refractivity contribution in [3.63, 3.8) is 0 Å². The number of para-hydroxylation sites is 2. The highest BCUT2D eigenvalue weighted by atomic mass is 19.1. The number of anilines is 2. The summed E-state index contributed by atoms with van der Waals surface area (Å²) in [6, 6.07) is 11.8. The first-order valence-electron chi connectivity index (χ1n) is 8.26. The first kappa shape index (κ1) is 17.7. The van der Waals surface area contributed by atoms with Gasteiger partial charge in [0.15, 0.2) is 6.10 Å². The second-order valence-corrected chi connectivity index (χ2v) is 6.08. The smallest absolute Gasteiger partial charge is 0.262 e. The molecule has 0 radical (unpaired) electrons. The van der Waals surface area contributed by atoms with Gasteiger partial charge < -0.3 is 20.3 Å². The van der Waals surface area contributed by atoms with Gasteiger partial charge >= 0.3 is 0 Å². The van der Waals surface area contributed by atoms with Gasteiger partial charge in [-0.25, -0.2) is 4.39 Å². The van der Waals surface area contributed by atoms with Gasteiger partial charge in [-0.15, -0.1) is 0 Å². The van der Waals surface area contributed by atoms with Crippen LogP contribution in [0.5, 0.6) is 5.75 Å². The van der Waals surface area contributed by atoms with E-state index in [0.29, 0.717) is 17.0 Å². The number of nitrogens with zero attached hydrogens (tertiary/aromatic N) is 1. The van der Waals surface area contributed by atoms with Crippen LogP contribution in [0.1, 0.15) is 5.56 Å². The number of halogens is 1. The molecule has 6 nitrogen and oxygen atoms in total. The summed E-state index contributed by atoms with van der Waals surface area (Å²) in [6.07, 6.45) is -0.709. The predicted molar refractivity (Wildman–Crippen MR) is 96.9 cm³/mol. The monoisotopic (exact) mass is 357 g/mol. The summed E-state index contributed by atoms with van der Waals surface area (Å²) in [7, 11) is 1.54. The SMILES string of the molecule is CNC(=O)[C@@H]1CN(CC(=O)Nc2ccc(C)c(F)c2)c2ccccc2O1. The van der Waals surface area contributed by atoms with E-state index in [1.165, 1.54) is 13.1 Å². The van der Waals surface area contributed by atoms with Crippen molar-refractivity contribution in [1.82, 2.24) is 5.32 Å². The van der Waals surface area contributed by atoms with Crippen molar-refractivity contribution < 1.29 is 18.7 Å². The van der Waals surface area contributed by atoms with Gasteiger partial charge in [-0.2, -0.15) is 0 Å². The van der Waals surface area contributed by atoms with E-state index in [-0.39, 0.29) is 30.7 Å². The first-order chi connectivity index (χ1) is 12.5. The molecule has 3 rings (SSSR count). The summed E-state index contributed by atoms with van der Waals surface area (Å²) in [5.74, 6) is -0.396. The van der Waals surface area contributed by atoms with Crippen molar-refractivity contribution in [2.75, 3.05) is 30.4 Å². The lowest BCUT2D eigenvalue weighted by Gasteiger charge is -2.34. The van der Waals surface area contributed by atoms with Gasteiger partial charge in [0.25, 0.3) is 5.91 Å². The number of carbonyl (C=O) groups is 2. The number of likely N-dealkylation sites (N-methyl/N-ethyl adjacent to an activating group) is 1. The van der Waals surface area contributed by atoms with E-state index < -0.39 is 6.10 Å². The number of hydrogen-bond donors (Lipinski definition) is 2. The number of ether oxygens (including phenoxy) is 1. The van der Waals surface area contributed by atoms with E-state index in [0.717, 1.165) is 5.69 Å². The van der Waals surface area contributed by atoms with Crippen LogP contribution >= 0.6 is 0 Å². The second-order valence-electron chi connectivity index (χ2n) is 6.08. The largest absolute Gasteiger partial charge is 0.477 e. The highest BCUT2D eigenvalue weighted by Crippen LogP contribution is 2.33. The minimum atomic E-state index is -0.709. The minimum Gasteiger partial charge on any atom is -0.477 e. The van der Waals surface area contributed by atoms with Gasteiger partial charge in [0.1, 0.15) is 11.6 Å². The van der Waals surface area contributed by atoms with Gasteiger partial charge in [0.2, 0.25) is 5.91 Å². The third-order valence-electron chi connectivity index (χ3n) is 4.19. The van der Waals surface area contributed by atoms with E-state index in [4.69, 9.17) is 4.74 Å². The topological polar surface area (TPSA) is 70.7 Å². The molecule has 1 aliphatic heterocycles. The lowest BCUT2D eigenvalue weighted by atomic mass is 10.1. The Morgan fingerprint density at radius 1 is 1.27 bits per heavy atom. The second kappa shape index (κ2) is 7.43. The van der Waals surface area contributed by atoms with Crippen molar-refractivity contribution in [3.8, 4) is 5.75 Å². The molecule has 0 aliphatic carbocycles. The molecule has 0 spiro atoms. The zero-order chi connectivity index (χ0) is 18.7. The van der Waals surface area contributed by atoms with E-state index in [9.17, 15) is 14.0 Å². The molecular formula is C19H20FN3O3. The Morgan fingerprint density at radius 3 is 2.77 bits per heavy atom. The van der Waals surface area contributed by atoms with Crippen LogP contribution in [0.25, 0.3) is 0 Å². The predicted octanol–water partition coefficient (Wildman–Crippen LogP) is 2.09. The Balaban J connectivity index is 1.75. The molecule has 1 heterocycles. The highest BCUT2D eigenvalue weighted by Gasteiger charge is 2.30. The van der Waals surface area contributed by atoms with Crippen molar-refractivity contribution >= 4 is 23.2 Å². The van der Waals surface area contributed by atoms with E-state index in [2.05, 4.69) is 10.6 Å². The van der Waals surface area contributed by atoms with Crippen molar-refractivity contribution in [2.45, 2.75) is 13.0 Å². The fourth-order valence-electron chi connectivity index (χ4n) is 2.80. The molecule has 1 aliphatic rings. The summed E-state index contributed by atoms with van der Waals surface area (Å²) in [5, 5.41) is 5.24. The van der Waals surface area contributed by atoms with Gasteiger partial charge in [-0.05, 0) is 36.8 Å². The summed E-state index contributed by atoms with van der Waals surface area (Å²) >= 11 is 0. The summed E-state index contributed by atoms with van der Waals surface area (Å²) in [4.78, 5) is 26.2. The maximum Gasteiger partial charge on any atom is 0.262 e. The van der Waals surface area contributed by atoms with Gasteiger partial charge in [0.05, 0.1) is 18.8 Å². The Kier molecular flexibility index (Phi) is 5.06. The van der Waals surface area contributed by atoms with E-state index in [1.54, 1.807) is 36.1 Å². The van der Waals surface area contributed by atoms with Crippen LogP contribution in [-0.2, 0) is 9.59 Å². The van der Waals surface area contributed by atoms with Gasteiger partial charge in [-0.3, -0.25) is 9.59 Å². The summed E-state index contributed by atoms with van der Waals surface area (Å²) in [5.41, 5.74) is 1.64. The fourth-order valence-corrected chi connectivity index (χ4v) is 2.80. The molecule has 26 heavy (non-hydrogen) atoms. The maximum atomic E-state index is 13.6. The van der Waals surface area contributed by atoms with Crippen LogP contribution in [0.4, 0.5) is 15.8 Å². The molecule has 1 atom stereocenters. The van der Waals surface area contributed by atoms with Crippen molar-refractivity contribution in [1.29, 1.82) is 0 Å². The Labute approximate surface area is 150 Å². The van der Waals surface area contributed by atoms with Gasteiger partial charge in [-0.1, -0.05) is 18.2 Å². The molecule has 2 aromatic rings. The van der Waals surface area contributed by atoms with Crippen molar-refractivity contribution in [3.05, 3.63) is 53.8 Å². The summed E-state index contributed by atoms with van der Waals surface area (Å²) < 4.78 is 19.4. The maximum absolute atomic E-state index is 13.6. The van der Waals surface area contributed by atoms with Gasteiger partial charge in [0, 0.05) is 12.7 Å². The van der Waals surface area contributed by atoms with Crippen LogP contribution in [0.15, 0.2) is 42.5 Å². The molecule has 0 saturated carbocycles. The molecule has 0 fully saturated rings. The fraction of sp³-hybridized carbons (Fsp3) is 0.263. The standard InChI is InChI=1S/C19H20FN3O3/c1-12-7-8-13(9-14(12)20)22-18(24)11-23-10-17(19(25)21-2)26-16-6-4-3-5-15(16)23/h3-9,17H,10-11H2,1-2H3,(H,21,25)(H,22,24)/t17-/m0/s1. The molecule has 7 heteroatoms. The molecule has 0 aromatic heterocycles. The lowest BCUT2D eigenvalue weighted by molar-refractivity contribution is -0.127.